The number of anilines is 1. The summed E-state index contributed by atoms with van der Waals surface area (Å²) in [4.78, 5) is 13.2. The lowest BCUT2D eigenvalue weighted by molar-refractivity contribution is 0.0697. The highest BCUT2D eigenvalue weighted by Crippen LogP contribution is 2.35. The van der Waals surface area contributed by atoms with E-state index in [1.807, 2.05) is 12.1 Å². The maximum atomic E-state index is 11.0. The normalized spacial score (nSPS) is 14.2. The molecule has 0 unspecified atom stereocenters. The second kappa shape index (κ2) is 5.21. The zero-order valence-corrected chi connectivity index (χ0v) is 11.5. The number of hydrogen-bond acceptors (Lipinski definition) is 3. The van der Waals surface area contributed by atoms with Crippen molar-refractivity contribution < 1.29 is 14.3 Å². The van der Waals surface area contributed by atoms with Crippen molar-refractivity contribution in [1.82, 2.24) is 0 Å². The third kappa shape index (κ3) is 2.65. The first kappa shape index (κ1) is 13.1. The van der Waals surface area contributed by atoms with Crippen LogP contribution in [0.3, 0.4) is 0 Å². The SMILES string of the molecule is O=C(O)c1ccc(N(Cc2ccco2)C2CC2)cc1Cl. The molecule has 1 saturated carbocycles. The van der Waals surface area contributed by atoms with Crippen LogP contribution in [-0.4, -0.2) is 17.1 Å². The van der Waals surface area contributed by atoms with Crippen LogP contribution in [-0.2, 0) is 6.54 Å². The van der Waals surface area contributed by atoms with Crippen LogP contribution >= 0.6 is 11.6 Å². The quantitative estimate of drug-likeness (QED) is 0.910. The van der Waals surface area contributed by atoms with Crippen molar-refractivity contribution in [2.75, 3.05) is 4.90 Å². The number of halogens is 1. The Hall–Kier alpha value is -1.94. The Morgan fingerprint density at radius 1 is 1.40 bits per heavy atom. The van der Waals surface area contributed by atoms with E-state index >= 15 is 0 Å². The van der Waals surface area contributed by atoms with Crippen LogP contribution in [0.25, 0.3) is 0 Å². The van der Waals surface area contributed by atoms with E-state index in [1.165, 1.54) is 0 Å². The van der Waals surface area contributed by atoms with E-state index in [4.69, 9.17) is 21.1 Å². The molecule has 0 aliphatic heterocycles. The molecule has 1 aliphatic carbocycles. The number of carboxylic acid groups (broad SMARTS) is 1. The largest absolute Gasteiger partial charge is 0.478 e. The number of carbonyl (C=O) groups is 1. The highest BCUT2D eigenvalue weighted by atomic mass is 35.5. The average Bonchev–Trinajstić information content (AvgIpc) is 3.12. The van der Waals surface area contributed by atoms with Gasteiger partial charge in [0.25, 0.3) is 0 Å². The first-order chi connectivity index (χ1) is 9.65. The van der Waals surface area contributed by atoms with Crippen molar-refractivity contribution in [3.63, 3.8) is 0 Å². The van der Waals surface area contributed by atoms with Crippen molar-refractivity contribution >= 4 is 23.3 Å². The molecule has 2 aromatic rings. The molecule has 1 aromatic carbocycles. The highest BCUT2D eigenvalue weighted by Gasteiger charge is 2.30. The molecule has 3 rings (SSSR count). The number of hydrogen-bond donors (Lipinski definition) is 1. The van der Waals surface area contributed by atoms with Crippen molar-refractivity contribution in [1.29, 1.82) is 0 Å². The van der Waals surface area contributed by atoms with Gasteiger partial charge in [-0.1, -0.05) is 11.6 Å². The van der Waals surface area contributed by atoms with Crippen LogP contribution in [0.1, 0.15) is 29.0 Å². The van der Waals surface area contributed by atoms with Crippen LogP contribution < -0.4 is 4.90 Å². The minimum absolute atomic E-state index is 0.129. The Morgan fingerprint density at radius 2 is 2.20 bits per heavy atom. The molecular weight excluding hydrogens is 278 g/mol. The van der Waals surface area contributed by atoms with E-state index in [1.54, 1.807) is 24.5 Å². The van der Waals surface area contributed by atoms with E-state index in [0.717, 1.165) is 24.3 Å². The van der Waals surface area contributed by atoms with Gasteiger partial charge in [-0.25, -0.2) is 4.79 Å². The fourth-order valence-corrected chi connectivity index (χ4v) is 2.50. The van der Waals surface area contributed by atoms with Gasteiger partial charge in [-0.05, 0) is 43.2 Å². The molecule has 0 amide bonds. The Labute approximate surface area is 121 Å². The van der Waals surface area contributed by atoms with Crippen molar-refractivity contribution in [2.45, 2.75) is 25.4 Å². The minimum Gasteiger partial charge on any atom is -0.478 e. The predicted molar refractivity (Wildman–Crippen MR) is 76.3 cm³/mol. The summed E-state index contributed by atoms with van der Waals surface area (Å²) >= 11 is 6.04. The molecule has 1 aromatic heterocycles. The summed E-state index contributed by atoms with van der Waals surface area (Å²) in [5, 5.41) is 9.28. The third-order valence-electron chi connectivity index (χ3n) is 3.41. The number of carboxylic acids is 1. The third-order valence-corrected chi connectivity index (χ3v) is 3.72. The van der Waals surface area contributed by atoms with Crippen LogP contribution in [0.15, 0.2) is 41.0 Å². The highest BCUT2D eigenvalue weighted by molar-refractivity contribution is 6.33. The molecule has 0 atom stereocenters. The molecule has 0 saturated heterocycles. The summed E-state index contributed by atoms with van der Waals surface area (Å²) in [6.45, 7) is 0.667. The maximum Gasteiger partial charge on any atom is 0.337 e. The van der Waals surface area contributed by atoms with E-state index < -0.39 is 5.97 Å². The Kier molecular flexibility index (Phi) is 3.40. The lowest BCUT2D eigenvalue weighted by Crippen LogP contribution is -2.24. The van der Waals surface area contributed by atoms with E-state index in [0.29, 0.717) is 12.6 Å². The summed E-state index contributed by atoms with van der Waals surface area (Å²) in [6, 6.07) is 9.34. The first-order valence-electron chi connectivity index (χ1n) is 6.47. The average molecular weight is 292 g/mol. The van der Waals surface area contributed by atoms with Gasteiger partial charge < -0.3 is 14.4 Å². The molecule has 5 heteroatoms. The summed E-state index contributed by atoms with van der Waals surface area (Å²) in [5.41, 5.74) is 1.06. The number of nitrogens with zero attached hydrogens (tertiary/aromatic N) is 1. The molecule has 104 valence electrons. The van der Waals surface area contributed by atoms with Crippen LogP contribution in [0.5, 0.6) is 0 Å². The Morgan fingerprint density at radius 3 is 2.75 bits per heavy atom. The van der Waals surface area contributed by atoms with Gasteiger partial charge in [-0.3, -0.25) is 0 Å². The molecule has 0 spiro atoms. The Balaban J connectivity index is 1.88. The molecule has 20 heavy (non-hydrogen) atoms. The number of rotatable bonds is 5. The Bertz CT molecular complexity index is 620. The van der Waals surface area contributed by atoms with Gasteiger partial charge in [0.2, 0.25) is 0 Å². The number of benzene rings is 1. The first-order valence-corrected chi connectivity index (χ1v) is 6.85. The van der Waals surface area contributed by atoms with E-state index in [-0.39, 0.29) is 10.6 Å². The van der Waals surface area contributed by atoms with Gasteiger partial charge in [0, 0.05) is 11.7 Å². The van der Waals surface area contributed by atoms with Crippen molar-refractivity contribution in [2.24, 2.45) is 0 Å². The predicted octanol–water partition coefficient (Wildman–Crippen LogP) is 3.80. The lowest BCUT2D eigenvalue weighted by Gasteiger charge is -2.24. The zero-order valence-electron chi connectivity index (χ0n) is 10.8. The smallest absolute Gasteiger partial charge is 0.337 e. The van der Waals surface area contributed by atoms with E-state index in [9.17, 15) is 4.79 Å². The molecular formula is C15H14ClNO3. The van der Waals surface area contributed by atoms with Crippen LogP contribution in [0, 0.1) is 0 Å². The molecule has 1 heterocycles. The molecule has 4 nitrogen and oxygen atoms in total. The number of aromatic carboxylic acids is 1. The van der Waals surface area contributed by atoms with Gasteiger partial charge in [-0.15, -0.1) is 0 Å². The molecule has 1 aliphatic rings. The van der Waals surface area contributed by atoms with Gasteiger partial charge in [-0.2, -0.15) is 0 Å². The fourth-order valence-electron chi connectivity index (χ4n) is 2.24. The molecule has 0 bridgehead atoms. The second-order valence-corrected chi connectivity index (χ2v) is 5.31. The maximum absolute atomic E-state index is 11.0. The lowest BCUT2D eigenvalue weighted by atomic mass is 10.2. The van der Waals surface area contributed by atoms with E-state index in [2.05, 4.69) is 4.90 Å². The standard InChI is InChI=1S/C15H14ClNO3/c16-14-8-11(5-6-13(14)15(18)19)17(10-3-4-10)9-12-2-1-7-20-12/h1-2,5-8,10H,3-4,9H2,(H,18,19). The summed E-state index contributed by atoms with van der Waals surface area (Å²) in [7, 11) is 0. The molecule has 1 fully saturated rings. The summed E-state index contributed by atoms with van der Waals surface area (Å²) in [5.74, 6) is -0.124. The molecule has 0 radical (unpaired) electrons. The summed E-state index contributed by atoms with van der Waals surface area (Å²) < 4.78 is 5.39. The monoisotopic (exact) mass is 291 g/mol. The van der Waals surface area contributed by atoms with Gasteiger partial charge in [0.15, 0.2) is 0 Å². The molecule has 1 N–H and O–H groups in total. The second-order valence-electron chi connectivity index (χ2n) is 4.91. The van der Waals surface area contributed by atoms with Crippen LogP contribution in [0.2, 0.25) is 5.02 Å². The van der Waals surface area contributed by atoms with Crippen molar-refractivity contribution in [3.8, 4) is 0 Å². The van der Waals surface area contributed by atoms with Gasteiger partial charge in [0.1, 0.15) is 5.76 Å². The summed E-state index contributed by atoms with van der Waals surface area (Å²) in [6.07, 6.45) is 3.93. The topological polar surface area (TPSA) is 53.7 Å². The van der Waals surface area contributed by atoms with Gasteiger partial charge in [0.05, 0.1) is 23.4 Å². The minimum atomic E-state index is -1.01. The van der Waals surface area contributed by atoms with Crippen molar-refractivity contribution in [3.05, 3.63) is 52.9 Å². The van der Waals surface area contributed by atoms with Crippen LogP contribution in [0.4, 0.5) is 5.69 Å². The number of furan rings is 1. The zero-order chi connectivity index (χ0) is 14.1. The van der Waals surface area contributed by atoms with Gasteiger partial charge >= 0.3 is 5.97 Å². The fraction of sp³-hybridized carbons (Fsp3) is 0.267.